The minimum absolute atomic E-state index is 0.0555. The summed E-state index contributed by atoms with van der Waals surface area (Å²) in [5.41, 5.74) is 3.09. The first-order valence-corrected chi connectivity index (χ1v) is 12.7. The molecule has 1 N–H and O–H groups in total. The van der Waals surface area contributed by atoms with Gasteiger partial charge in [-0.15, -0.1) is 11.3 Å². The van der Waals surface area contributed by atoms with Gasteiger partial charge in [0.05, 0.1) is 19.3 Å². The van der Waals surface area contributed by atoms with Crippen LogP contribution in [0.3, 0.4) is 0 Å². The first-order chi connectivity index (χ1) is 16.4. The molecule has 0 saturated carbocycles. The van der Waals surface area contributed by atoms with Gasteiger partial charge in [-0.3, -0.25) is 9.69 Å². The minimum Gasteiger partial charge on any atom is -0.489 e. The molecule has 2 heterocycles. The van der Waals surface area contributed by atoms with Gasteiger partial charge in [0.15, 0.2) is 0 Å². The van der Waals surface area contributed by atoms with Gasteiger partial charge >= 0.3 is 0 Å². The highest BCUT2D eigenvalue weighted by Crippen LogP contribution is 2.26. The van der Waals surface area contributed by atoms with Gasteiger partial charge in [-0.25, -0.2) is 0 Å². The van der Waals surface area contributed by atoms with Crippen molar-refractivity contribution >= 4 is 17.2 Å². The van der Waals surface area contributed by atoms with Crippen LogP contribution in [0.5, 0.6) is 5.75 Å². The molecule has 5 nitrogen and oxygen atoms in total. The predicted molar refractivity (Wildman–Crippen MR) is 138 cm³/mol. The number of nitrogens with one attached hydrogen (secondary N) is 1. The highest BCUT2D eigenvalue weighted by molar-refractivity contribution is 7.10. The van der Waals surface area contributed by atoms with E-state index < -0.39 is 0 Å². The maximum absolute atomic E-state index is 12.8. The third-order valence-corrected chi connectivity index (χ3v) is 7.13. The molecule has 0 unspecified atom stereocenters. The van der Waals surface area contributed by atoms with Crippen molar-refractivity contribution in [3.8, 4) is 5.75 Å². The van der Waals surface area contributed by atoms with E-state index in [0.29, 0.717) is 18.7 Å². The third kappa shape index (κ3) is 6.47. The summed E-state index contributed by atoms with van der Waals surface area (Å²) in [4.78, 5) is 16.5. The fraction of sp³-hybridized carbons (Fsp3) is 0.393. The van der Waals surface area contributed by atoms with Crippen molar-refractivity contribution in [3.05, 3.63) is 87.6 Å². The van der Waals surface area contributed by atoms with Crippen LogP contribution in [0.15, 0.2) is 66.0 Å². The number of amides is 1. The van der Waals surface area contributed by atoms with Gasteiger partial charge in [0.2, 0.25) is 0 Å². The number of ether oxygens (including phenoxy) is 2. The first-order valence-electron chi connectivity index (χ1n) is 11.9. The number of nitrogens with zero attached hydrogens (tertiary/aromatic N) is 1. The highest BCUT2D eigenvalue weighted by Gasteiger charge is 2.24. The van der Waals surface area contributed by atoms with Crippen molar-refractivity contribution in [3.63, 3.8) is 0 Å². The quantitative estimate of drug-likeness (QED) is 0.469. The maximum atomic E-state index is 12.8. The van der Waals surface area contributed by atoms with Crippen molar-refractivity contribution in [1.29, 1.82) is 0 Å². The second-order valence-electron chi connectivity index (χ2n) is 9.65. The number of thiophene rings is 1. The van der Waals surface area contributed by atoms with Gasteiger partial charge in [-0.2, -0.15) is 0 Å². The zero-order chi connectivity index (χ0) is 24.0. The fourth-order valence-corrected chi connectivity index (χ4v) is 4.90. The number of carbonyl (C=O) groups excluding carboxylic acids is 1. The lowest BCUT2D eigenvalue weighted by Gasteiger charge is -2.34. The van der Waals surface area contributed by atoms with Crippen LogP contribution in [0.4, 0.5) is 0 Å². The Morgan fingerprint density at radius 2 is 1.76 bits per heavy atom. The monoisotopic (exact) mass is 478 g/mol. The molecule has 0 aliphatic carbocycles. The van der Waals surface area contributed by atoms with E-state index in [2.05, 4.69) is 60.6 Å². The number of hydrogen-bond acceptors (Lipinski definition) is 5. The zero-order valence-electron chi connectivity index (χ0n) is 20.3. The Balaban J connectivity index is 1.31. The van der Waals surface area contributed by atoms with Gasteiger partial charge in [-0.05, 0) is 52.3 Å². The summed E-state index contributed by atoms with van der Waals surface area (Å²) in [6, 6.07) is 20.3. The number of morpholine rings is 1. The molecule has 0 radical (unpaired) electrons. The van der Waals surface area contributed by atoms with E-state index in [0.717, 1.165) is 37.6 Å². The smallest absolute Gasteiger partial charge is 0.251 e. The molecule has 1 atom stereocenters. The number of hydrogen-bond donors (Lipinski definition) is 1. The normalized spacial score (nSPS) is 15.6. The summed E-state index contributed by atoms with van der Waals surface area (Å²) < 4.78 is 11.4. The SMILES string of the molecule is CC(C)(C)c1ccc(OCc2ccc(C(=O)NC[C@H](c3cccs3)N3CCOCC3)cc2)cc1. The third-order valence-electron chi connectivity index (χ3n) is 6.16. The lowest BCUT2D eigenvalue weighted by molar-refractivity contribution is 0.0169. The summed E-state index contributed by atoms with van der Waals surface area (Å²) in [7, 11) is 0. The number of benzene rings is 2. The topological polar surface area (TPSA) is 50.8 Å². The number of carbonyl (C=O) groups is 1. The van der Waals surface area contributed by atoms with Crippen LogP contribution in [0.25, 0.3) is 0 Å². The summed E-state index contributed by atoms with van der Waals surface area (Å²) in [6.07, 6.45) is 0. The maximum Gasteiger partial charge on any atom is 0.251 e. The Labute approximate surface area is 206 Å². The Morgan fingerprint density at radius 1 is 1.06 bits per heavy atom. The van der Waals surface area contributed by atoms with Crippen LogP contribution in [-0.4, -0.2) is 43.7 Å². The molecule has 1 saturated heterocycles. The van der Waals surface area contributed by atoms with Crippen LogP contribution in [0.2, 0.25) is 0 Å². The van der Waals surface area contributed by atoms with E-state index in [1.807, 2.05) is 36.4 Å². The Morgan fingerprint density at radius 3 is 2.38 bits per heavy atom. The minimum atomic E-state index is -0.0555. The Bertz CT molecular complexity index is 1030. The Hall–Kier alpha value is -2.67. The Kier molecular flexibility index (Phi) is 8.03. The van der Waals surface area contributed by atoms with Gasteiger partial charge in [-0.1, -0.05) is 51.1 Å². The second-order valence-corrected chi connectivity index (χ2v) is 10.6. The molecule has 1 aliphatic heterocycles. The standard InChI is InChI=1S/C28H34N2O3S/c1-28(2,3)23-10-12-24(13-11-23)33-20-21-6-8-22(9-7-21)27(31)29-19-25(26-5-4-18-34-26)30-14-16-32-17-15-30/h4-13,18,25H,14-17,19-20H2,1-3H3,(H,29,31)/t25-/m1/s1. The molecule has 1 aromatic heterocycles. The van der Waals surface area contributed by atoms with Crippen molar-refractivity contribution in [1.82, 2.24) is 10.2 Å². The average Bonchev–Trinajstić information content (AvgIpc) is 3.38. The molecule has 6 heteroatoms. The van der Waals surface area contributed by atoms with Gasteiger partial charge in [0, 0.05) is 30.1 Å². The molecule has 3 aromatic rings. The summed E-state index contributed by atoms with van der Waals surface area (Å²) in [6.45, 7) is 10.9. The van der Waals surface area contributed by atoms with Crippen molar-refractivity contribution in [2.45, 2.75) is 38.8 Å². The van der Waals surface area contributed by atoms with Crippen LogP contribution in [-0.2, 0) is 16.8 Å². The molecular weight excluding hydrogens is 444 g/mol. The highest BCUT2D eigenvalue weighted by atomic mass is 32.1. The van der Waals surface area contributed by atoms with Gasteiger partial charge in [0.25, 0.3) is 5.91 Å². The van der Waals surface area contributed by atoms with Gasteiger partial charge < -0.3 is 14.8 Å². The van der Waals surface area contributed by atoms with E-state index in [-0.39, 0.29) is 17.4 Å². The van der Waals surface area contributed by atoms with E-state index in [9.17, 15) is 4.79 Å². The largest absolute Gasteiger partial charge is 0.489 e. The molecule has 1 aliphatic rings. The lowest BCUT2D eigenvalue weighted by Crippen LogP contribution is -2.43. The van der Waals surface area contributed by atoms with Crippen LogP contribution in [0, 0.1) is 0 Å². The van der Waals surface area contributed by atoms with E-state index in [4.69, 9.17) is 9.47 Å². The van der Waals surface area contributed by atoms with Crippen LogP contribution < -0.4 is 10.1 Å². The van der Waals surface area contributed by atoms with Gasteiger partial charge in [0.1, 0.15) is 12.4 Å². The molecule has 0 bridgehead atoms. The molecule has 34 heavy (non-hydrogen) atoms. The fourth-order valence-electron chi connectivity index (χ4n) is 4.04. The predicted octanol–water partition coefficient (Wildman–Crippen LogP) is 5.43. The summed E-state index contributed by atoms with van der Waals surface area (Å²) in [5.74, 6) is 0.789. The average molecular weight is 479 g/mol. The molecule has 0 spiro atoms. The molecular formula is C28H34N2O3S. The van der Waals surface area contributed by atoms with Crippen molar-refractivity contribution < 1.29 is 14.3 Å². The van der Waals surface area contributed by atoms with E-state index in [1.165, 1.54) is 10.4 Å². The van der Waals surface area contributed by atoms with Crippen LogP contribution in [0.1, 0.15) is 53.2 Å². The first kappa shape index (κ1) is 24.5. The summed E-state index contributed by atoms with van der Waals surface area (Å²) in [5, 5.41) is 5.22. The zero-order valence-corrected chi connectivity index (χ0v) is 21.1. The molecule has 180 valence electrons. The van der Waals surface area contributed by atoms with Crippen molar-refractivity contribution in [2.24, 2.45) is 0 Å². The number of rotatable bonds is 8. The molecule has 2 aromatic carbocycles. The molecule has 4 rings (SSSR count). The molecule has 1 fully saturated rings. The molecule has 1 amide bonds. The van der Waals surface area contributed by atoms with Crippen molar-refractivity contribution in [2.75, 3.05) is 32.8 Å². The lowest BCUT2D eigenvalue weighted by atomic mass is 9.87. The van der Waals surface area contributed by atoms with E-state index in [1.54, 1.807) is 11.3 Å². The second kappa shape index (κ2) is 11.2. The summed E-state index contributed by atoms with van der Waals surface area (Å²) >= 11 is 1.73. The van der Waals surface area contributed by atoms with E-state index >= 15 is 0 Å². The van der Waals surface area contributed by atoms with Crippen LogP contribution >= 0.6 is 11.3 Å².